The van der Waals surface area contributed by atoms with Gasteiger partial charge in [-0.05, 0) is 81.5 Å². The van der Waals surface area contributed by atoms with Gasteiger partial charge < -0.3 is 71.4 Å². The molecule has 30 nitrogen and oxygen atoms in total. The van der Waals surface area contributed by atoms with Crippen LogP contribution >= 0.6 is 0 Å². The lowest BCUT2D eigenvalue weighted by molar-refractivity contribution is -0.164. The average molecular weight is 1230 g/mol. The standard InChI is InChI=1S/C57H85N11O19/c1-4-34(3)50(55(83)61-40-10-9-36-7-6-8-37-27-42(68(51(36)37)56(40)84)54(82)62-41-28-49(79)87-57(41)86-5-2)63-44(70)33-85-26-17-58-52(80)38(11-13-45(71)72)60-53(81)39(12-14-46(73)74)59-43(69)30-64-18-15-35(16-19-64)29-65-20-22-66(31-47(75)76)24-25-67(23-21-65)32-48(77)78/h6-8,34-35,38-42,50,57H,4-5,9-33H2,1-3H3,(H,58,80)(H,59,69)(H,60,81)(H,61,83)(H,62,82)(H,63,70)(H,71,72)(H,73,74)(H,75,76)(H,77,78)/t34-,38+,39+,40-,41-,42-,50-,57+/m0/s1. The summed E-state index contributed by atoms with van der Waals surface area (Å²) in [5, 5.41) is 53.7. The maximum Gasteiger partial charge on any atom is 0.317 e. The number of aliphatic carboxylic acids is 4. The molecule has 87 heavy (non-hydrogen) atoms. The number of anilines is 1. The zero-order chi connectivity index (χ0) is 63.3. The normalized spacial score (nSPS) is 21.9. The highest BCUT2D eigenvalue weighted by Crippen LogP contribution is 2.39. The van der Waals surface area contributed by atoms with Crippen LogP contribution in [0.3, 0.4) is 0 Å². The van der Waals surface area contributed by atoms with Gasteiger partial charge in [-0.3, -0.25) is 77.1 Å². The lowest BCUT2D eigenvalue weighted by atomic mass is 9.96. The molecule has 0 saturated carbocycles. The number of likely N-dealkylation sites (tertiary alicyclic amines) is 1. The molecule has 5 aliphatic rings. The second-order valence-electron chi connectivity index (χ2n) is 22.8. The fraction of sp³-hybridized carbons (Fsp3) is 0.684. The van der Waals surface area contributed by atoms with Crippen LogP contribution in [0.25, 0.3) is 0 Å². The van der Waals surface area contributed by atoms with Gasteiger partial charge in [0.05, 0.1) is 38.3 Å². The third kappa shape index (κ3) is 21.2. The molecule has 3 fully saturated rings. The number of aryl methyl sites for hydroxylation is 1. The molecular weight excluding hydrogens is 1140 g/mol. The summed E-state index contributed by atoms with van der Waals surface area (Å²) in [7, 11) is 0. The fourth-order valence-electron chi connectivity index (χ4n) is 11.5. The van der Waals surface area contributed by atoms with Crippen molar-refractivity contribution in [2.45, 2.75) is 134 Å². The molecule has 0 radical (unpaired) electrons. The smallest absolute Gasteiger partial charge is 0.317 e. The number of hydrogen-bond acceptors (Lipinski definition) is 19. The first-order valence-corrected chi connectivity index (χ1v) is 29.9. The largest absolute Gasteiger partial charge is 0.481 e. The molecule has 0 unspecified atom stereocenters. The Hall–Kier alpha value is -7.38. The van der Waals surface area contributed by atoms with E-state index in [1.165, 1.54) is 4.90 Å². The molecule has 1 aromatic carbocycles. The summed E-state index contributed by atoms with van der Waals surface area (Å²) >= 11 is 0. The van der Waals surface area contributed by atoms with Gasteiger partial charge in [-0.25, -0.2) is 0 Å². The summed E-state index contributed by atoms with van der Waals surface area (Å²) in [5.74, 6) is -9.97. The van der Waals surface area contributed by atoms with Gasteiger partial charge in [-0.15, -0.1) is 0 Å². The Morgan fingerprint density at radius 3 is 1.86 bits per heavy atom. The van der Waals surface area contributed by atoms with E-state index in [2.05, 4.69) is 36.8 Å². The van der Waals surface area contributed by atoms with Crippen LogP contribution in [0.4, 0.5) is 5.69 Å². The first kappa shape index (κ1) is 68.7. The van der Waals surface area contributed by atoms with Crippen molar-refractivity contribution in [3.05, 3.63) is 29.3 Å². The number of hydrogen-bond donors (Lipinski definition) is 10. The molecule has 5 aliphatic heterocycles. The quantitative estimate of drug-likeness (QED) is 0.0260. The van der Waals surface area contributed by atoms with Gasteiger partial charge >= 0.3 is 29.8 Å². The maximum absolute atomic E-state index is 14.4. The average Bonchev–Trinajstić information content (AvgIpc) is 1.91. The van der Waals surface area contributed by atoms with Gasteiger partial charge in [0.1, 0.15) is 42.9 Å². The molecule has 30 heteroatoms. The molecule has 7 amide bonds. The monoisotopic (exact) mass is 1230 g/mol. The van der Waals surface area contributed by atoms with E-state index in [4.69, 9.17) is 14.2 Å². The molecule has 8 atom stereocenters. The van der Waals surface area contributed by atoms with Gasteiger partial charge in [-0.1, -0.05) is 38.5 Å². The number of cyclic esters (lactones) is 1. The van der Waals surface area contributed by atoms with E-state index in [1.54, 1.807) is 23.6 Å². The molecule has 482 valence electrons. The van der Waals surface area contributed by atoms with Crippen molar-refractivity contribution in [2.75, 3.05) is 110 Å². The van der Waals surface area contributed by atoms with Crippen molar-refractivity contribution in [2.24, 2.45) is 11.8 Å². The van der Waals surface area contributed by atoms with E-state index in [-0.39, 0.29) is 77.4 Å². The number of carbonyl (C=O) groups is 12. The van der Waals surface area contributed by atoms with Gasteiger partial charge in [0, 0.05) is 78.2 Å². The number of ether oxygens (including phenoxy) is 3. The molecule has 0 bridgehead atoms. The molecular formula is C57H85N11O19. The summed E-state index contributed by atoms with van der Waals surface area (Å²) in [5.41, 5.74) is 2.16. The maximum atomic E-state index is 14.4. The van der Waals surface area contributed by atoms with E-state index < -0.39 is 139 Å². The van der Waals surface area contributed by atoms with Gasteiger partial charge in [0.2, 0.25) is 47.6 Å². The topological polar surface area (TPSA) is 402 Å². The van der Waals surface area contributed by atoms with Crippen molar-refractivity contribution in [1.82, 2.24) is 51.5 Å². The summed E-state index contributed by atoms with van der Waals surface area (Å²) in [4.78, 5) is 164. The van der Waals surface area contributed by atoms with E-state index in [0.717, 1.165) is 11.1 Å². The number of carboxylic acid groups (broad SMARTS) is 4. The van der Waals surface area contributed by atoms with Crippen LogP contribution in [0, 0.1) is 11.8 Å². The number of para-hydroxylation sites is 1. The Morgan fingerprint density at radius 1 is 0.667 bits per heavy atom. The number of carboxylic acids is 4. The highest BCUT2D eigenvalue weighted by Gasteiger charge is 2.47. The van der Waals surface area contributed by atoms with Crippen LogP contribution in [0.2, 0.25) is 0 Å². The lowest BCUT2D eigenvalue weighted by Gasteiger charge is -2.35. The van der Waals surface area contributed by atoms with Gasteiger partial charge in [0.25, 0.3) is 0 Å². The predicted octanol–water partition coefficient (Wildman–Crippen LogP) is -2.67. The number of amides is 7. The van der Waals surface area contributed by atoms with E-state index >= 15 is 0 Å². The Morgan fingerprint density at radius 2 is 1.26 bits per heavy atom. The van der Waals surface area contributed by atoms with Crippen molar-refractivity contribution >= 4 is 76.9 Å². The highest BCUT2D eigenvalue weighted by atomic mass is 16.7. The molecule has 0 aromatic heterocycles. The Kier molecular flexibility index (Phi) is 26.6. The molecule has 3 saturated heterocycles. The summed E-state index contributed by atoms with van der Waals surface area (Å²) in [6, 6.07) is -1.36. The SMILES string of the molecule is CCO[C@@H]1OC(=O)C[C@@H]1NC(=O)[C@@H]1Cc2cccc3c2N1C(=O)[C@@H](NC(=O)[C@@H](NC(=O)COCCNC(=O)[C@@H](CCC(=O)O)NC(=O)[C@@H](CCC(=O)O)NC(=O)CN1CCC(CN2CCN(CC(=O)O)CCN(CC(=O)O)CC2)CC1)[C@@H](C)CC)CC3. The number of esters is 1. The Balaban J connectivity index is 0.966. The van der Waals surface area contributed by atoms with E-state index in [0.29, 0.717) is 90.3 Å². The summed E-state index contributed by atoms with van der Waals surface area (Å²) in [6.07, 6.45) is -0.310. The number of carbonyl (C=O) groups excluding carboxylic acids is 8. The third-order valence-corrected chi connectivity index (χ3v) is 16.3. The van der Waals surface area contributed by atoms with E-state index in [9.17, 15) is 78.0 Å². The summed E-state index contributed by atoms with van der Waals surface area (Å²) in [6.45, 7) is 8.73. The third-order valence-electron chi connectivity index (χ3n) is 16.3. The Labute approximate surface area is 504 Å². The van der Waals surface area contributed by atoms with Gasteiger partial charge in [0.15, 0.2) is 0 Å². The molecule has 5 heterocycles. The second kappa shape index (κ2) is 33.7. The lowest BCUT2D eigenvalue weighted by Crippen LogP contribution is -2.59. The molecule has 6 rings (SSSR count). The van der Waals surface area contributed by atoms with Crippen LogP contribution in [0.5, 0.6) is 0 Å². The van der Waals surface area contributed by atoms with Crippen LogP contribution in [-0.4, -0.2) is 259 Å². The minimum atomic E-state index is -1.45. The summed E-state index contributed by atoms with van der Waals surface area (Å²) < 4.78 is 16.3. The number of nitrogens with one attached hydrogen (secondary N) is 6. The first-order valence-electron chi connectivity index (χ1n) is 29.9. The zero-order valence-electron chi connectivity index (χ0n) is 49.7. The molecule has 1 aromatic rings. The van der Waals surface area contributed by atoms with Crippen LogP contribution in [0.15, 0.2) is 18.2 Å². The van der Waals surface area contributed by atoms with Crippen LogP contribution in [0.1, 0.15) is 89.7 Å². The minimum absolute atomic E-state index is 0.113. The van der Waals surface area contributed by atoms with Crippen molar-refractivity contribution in [1.29, 1.82) is 0 Å². The number of nitrogens with zero attached hydrogens (tertiary/aromatic N) is 5. The zero-order valence-corrected chi connectivity index (χ0v) is 49.7. The molecule has 10 N–H and O–H groups in total. The van der Waals surface area contributed by atoms with Crippen molar-refractivity contribution in [3.8, 4) is 0 Å². The number of piperidine rings is 1. The van der Waals surface area contributed by atoms with Crippen molar-refractivity contribution in [3.63, 3.8) is 0 Å². The van der Waals surface area contributed by atoms with E-state index in [1.807, 2.05) is 30.0 Å². The van der Waals surface area contributed by atoms with Crippen LogP contribution < -0.4 is 36.8 Å². The minimum Gasteiger partial charge on any atom is -0.481 e. The molecule has 0 aliphatic carbocycles. The predicted molar refractivity (Wildman–Crippen MR) is 306 cm³/mol. The Bertz CT molecular complexity index is 2610. The number of benzene rings is 1. The van der Waals surface area contributed by atoms with Crippen LogP contribution in [-0.2, 0) is 84.6 Å². The number of rotatable bonds is 32. The highest BCUT2D eigenvalue weighted by molar-refractivity contribution is 6.08. The fourth-order valence-corrected chi connectivity index (χ4v) is 11.5. The van der Waals surface area contributed by atoms with Gasteiger partial charge in [-0.2, -0.15) is 0 Å². The van der Waals surface area contributed by atoms with Crippen molar-refractivity contribution < 1.29 is 92.2 Å². The first-order chi connectivity index (χ1) is 41.5. The second-order valence-corrected chi connectivity index (χ2v) is 22.8. The molecule has 0 spiro atoms.